The zero-order valence-electron chi connectivity index (χ0n) is 23.6. The van der Waals surface area contributed by atoms with E-state index >= 15 is 0 Å². The van der Waals surface area contributed by atoms with E-state index in [1.807, 2.05) is 43.3 Å². The number of esters is 1. The van der Waals surface area contributed by atoms with Gasteiger partial charge in [-0.05, 0) is 89.8 Å². The zero-order valence-corrected chi connectivity index (χ0v) is 22.6. The molecule has 1 amide bonds. The molecule has 0 heterocycles. The van der Waals surface area contributed by atoms with Crippen molar-refractivity contribution in [2.24, 2.45) is 17.8 Å². The van der Waals surface area contributed by atoms with E-state index in [1.165, 1.54) is 36.3 Å². The highest BCUT2D eigenvalue weighted by Crippen LogP contribution is 2.49. The molecule has 2 saturated carbocycles. The van der Waals surface area contributed by atoms with Crippen LogP contribution in [-0.2, 0) is 20.8 Å². The van der Waals surface area contributed by atoms with Gasteiger partial charge in [-0.3, -0.25) is 4.79 Å². The van der Waals surface area contributed by atoms with Crippen LogP contribution in [0.3, 0.4) is 0 Å². The van der Waals surface area contributed by atoms with Crippen LogP contribution in [0.4, 0.5) is 15.8 Å². The fourth-order valence-electron chi connectivity index (χ4n) is 5.92. The molecule has 0 spiro atoms. The lowest BCUT2D eigenvalue weighted by molar-refractivity contribution is -0.134. The molecule has 0 aromatic heterocycles. The summed E-state index contributed by atoms with van der Waals surface area (Å²) in [5, 5.41) is 0. The van der Waals surface area contributed by atoms with Crippen LogP contribution in [0, 0.1) is 23.6 Å². The normalized spacial score (nSPS) is 21.0. The Hall–Kier alpha value is -3.93. The number of carbonyl (C=O) groups excluding carboxylic acids is 2. The first-order chi connectivity index (χ1) is 19.2. The Kier molecular flexibility index (Phi) is 7.44. The van der Waals surface area contributed by atoms with Crippen molar-refractivity contribution in [2.75, 3.05) is 31.0 Å². The molecule has 2 aliphatic carbocycles. The lowest BCUT2D eigenvalue weighted by Crippen LogP contribution is -2.38. The minimum Gasteiger partial charge on any atom is -0.466 e. The molecule has 0 radical (unpaired) electrons. The van der Waals surface area contributed by atoms with Crippen LogP contribution in [-0.4, -0.2) is 33.1 Å². The molecular weight excluding hydrogens is 491 g/mol. The fourth-order valence-corrected chi connectivity index (χ4v) is 5.92. The summed E-state index contributed by atoms with van der Waals surface area (Å²) in [6, 6.07) is 20.1. The van der Waals surface area contributed by atoms with Crippen molar-refractivity contribution in [2.45, 2.75) is 32.2 Å². The molecule has 0 N–H and O–H groups in total. The predicted molar refractivity (Wildman–Crippen MR) is 154 cm³/mol. The van der Waals surface area contributed by atoms with E-state index in [-0.39, 0.29) is 11.8 Å². The Bertz CT molecular complexity index is 1400. The van der Waals surface area contributed by atoms with Gasteiger partial charge in [0.2, 0.25) is 5.91 Å². The highest BCUT2D eigenvalue weighted by molar-refractivity contribution is 5.96. The van der Waals surface area contributed by atoms with Gasteiger partial charge in [0.1, 0.15) is 5.82 Å². The lowest BCUT2D eigenvalue weighted by atomic mass is 9.87. The maximum atomic E-state index is 14.8. The largest absolute Gasteiger partial charge is 0.466 e. The first-order valence-electron chi connectivity index (χ1n) is 14.0. The van der Waals surface area contributed by atoms with Crippen molar-refractivity contribution < 1.29 is 20.1 Å². The van der Waals surface area contributed by atoms with E-state index in [2.05, 4.69) is 29.0 Å². The molecular formula is C33H35FN2O3. The highest BCUT2D eigenvalue weighted by atomic mass is 19.1. The fraction of sp³-hybridized carbons (Fsp3) is 0.333. The second-order valence-electron chi connectivity index (χ2n) is 10.8. The third-order valence-electron chi connectivity index (χ3n) is 7.99. The number of nitrogens with zero attached hydrogens (tertiary/aromatic N) is 2. The third kappa shape index (κ3) is 6.06. The van der Waals surface area contributed by atoms with E-state index in [1.54, 1.807) is 6.07 Å². The maximum absolute atomic E-state index is 14.8. The van der Waals surface area contributed by atoms with Gasteiger partial charge in [-0.1, -0.05) is 42.8 Å². The molecule has 3 aromatic rings. The molecule has 2 bridgehead atoms. The molecule has 3 aromatic carbocycles. The van der Waals surface area contributed by atoms with Gasteiger partial charge in [-0.15, -0.1) is 0 Å². The number of rotatable bonds is 8. The number of anilines is 2. The molecule has 2 fully saturated rings. The third-order valence-corrected chi connectivity index (χ3v) is 7.99. The summed E-state index contributed by atoms with van der Waals surface area (Å²) < 4.78 is 28.7. The highest BCUT2D eigenvalue weighted by Gasteiger charge is 2.44. The van der Waals surface area contributed by atoms with Crippen molar-refractivity contribution in [1.29, 1.82) is 0 Å². The zero-order chi connectivity index (χ0) is 28.4. The van der Waals surface area contributed by atoms with E-state index in [0.29, 0.717) is 28.7 Å². The van der Waals surface area contributed by atoms with Crippen LogP contribution in [0.2, 0.25) is 0 Å². The molecule has 4 atom stereocenters. The van der Waals surface area contributed by atoms with Crippen molar-refractivity contribution in [3.8, 4) is 11.1 Å². The van der Waals surface area contributed by atoms with E-state index < -0.39 is 18.3 Å². The molecule has 2 aliphatic rings. The maximum Gasteiger partial charge on any atom is 0.330 e. The number of carbonyl (C=O) groups is 2. The summed E-state index contributed by atoms with van der Waals surface area (Å²) in [7, 11) is 5.27. The van der Waals surface area contributed by atoms with E-state index in [4.69, 9.17) is 0 Å². The monoisotopic (exact) mass is 527 g/mol. The molecule has 39 heavy (non-hydrogen) atoms. The number of benzene rings is 3. The quantitative estimate of drug-likeness (QED) is 0.241. The molecule has 5 nitrogen and oxygen atoms in total. The lowest BCUT2D eigenvalue weighted by Gasteiger charge is -2.30. The first-order valence-corrected chi connectivity index (χ1v) is 13.4. The van der Waals surface area contributed by atoms with Gasteiger partial charge in [0, 0.05) is 37.5 Å². The average molecular weight is 528 g/mol. The van der Waals surface area contributed by atoms with Gasteiger partial charge in [0.15, 0.2) is 0 Å². The Morgan fingerprint density at radius 1 is 0.974 bits per heavy atom. The number of hydrogen-bond acceptors (Lipinski definition) is 4. The first kappa shape index (κ1) is 25.4. The second-order valence-corrected chi connectivity index (χ2v) is 10.8. The Morgan fingerprint density at radius 2 is 1.67 bits per heavy atom. The minimum absolute atomic E-state index is 0.135. The summed E-state index contributed by atoms with van der Waals surface area (Å²) in [4.78, 5) is 29.1. The van der Waals surface area contributed by atoms with Gasteiger partial charge in [0.25, 0.3) is 0 Å². The second kappa shape index (κ2) is 11.4. The molecule has 1 unspecified atom stereocenters. The number of amides is 1. The number of ether oxygens (including phenoxy) is 1. The summed E-state index contributed by atoms with van der Waals surface area (Å²) in [6.45, 7) is -1.06. The molecule has 0 aliphatic heterocycles. The van der Waals surface area contributed by atoms with Gasteiger partial charge in [-0.2, -0.15) is 0 Å². The summed E-state index contributed by atoms with van der Waals surface area (Å²) in [5.41, 5.74) is 4.53. The van der Waals surface area contributed by atoms with Gasteiger partial charge >= 0.3 is 5.97 Å². The van der Waals surface area contributed by atoms with E-state index in [0.717, 1.165) is 42.5 Å². The summed E-state index contributed by atoms with van der Waals surface area (Å²) in [6.07, 6.45) is 6.70. The van der Waals surface area contributed by atoms with Crippen LogP contribution < -0.4 is 9.80 Å². The van der Waals surface area contributed by atoms with Crippen LogP contribution >= 0.6 is 0 Å². The average Bonchev–Trinajstić information content (AvgIpc) is 3.60. The summed E-state index contributed by atoms with van der Waals surface area (Å²) in [5.74, 6) is -0.546. The number of fused-ring (bicyclic) bond motifs is 2. The smallest absolute Gasteiger partial charge is 0.330 e. The predicted octanol–water partition coefficient (Wildman–Crippen LogP) is 6.71. The SMILES string of the molecule is [2H]C(c1ccc(-c2ccc(N(C)C)cc2)cc1)N(C(=O)[C@@H]1C[C@@H]2CC[C@H]1C2)c1cc(F)cc(/C=C/C(=O)OC)c1. The summed E-state index contributed by atoms with van der Waals surface area (Å²) >= 11 is 0. The minimum atomic E-state index is -1.06. The van der Waals surface area contributed by atoms with Crippen LogP contribution in [0.15, 0.2) is 72.8 Å². The van der Waals surface area contributed by atoms with Crippen molar-refractivity contribution in [3.05, 3.63) is 89.8 Å². The number of methoxy groups -OCH3 is 1. The van der Waals surface area contributed by atoms with E-state index in [9.17, 15) is 15.4 Å². The van der Waals surface area contributed by atoms with Crippen molar-refractivity contribution in [1.82, 2.24) is 0 Å². The number of halogens is 1. The Labute approximate surface area is 231 Å². The molecule has 5 rings (SSSR count). The van der Waals surface area contributed by atoms with Gasteiger partial charge in [-0.25, -0.2) is 9.18 Å². The van der Waals surface area contributed by atoms with Crippen LogP contribution in [0.25, 0.3) is 17.2 Å². The molecule has 0 saturated heterocycles. The molecule has 6 heteroatoms. The van der Waals surface area contributed by atoms with Crippen LogP contribution in [0.5, 0.6) is 0 Å². The van der Waals surface area contributed by atoms with Gasteiger partial charge < -0.3 is 14.5 Å². The standard InChI is InChI=1S/C33H35FN2O3/c1-35(2)29-13-11-26(12-14-29)25-8-4-22(5-9-25)21-36(33(38)31-19-23-6-10-27(31)16-23)30-18-24(17-28(34)20-30)7-15-32(37)39-3/h4-5,7-9,11-15,17-18,20,23,27,31H,6,10,16,19,21H2,1-3H3/b15-7+/t23-,27+,31-/m1/s1/i21D/t21?,23-,27+,31-. The Morgan fingerprint density at radius 3 is 2.26 bits per heavy atom. The number of hydrogen-bond donors (Lipinski definition) is 0. The Balaban J connectivity index is 1.47. The molecule has 202 valence electrons. The topological polar surface area (TPSA) is 49.9 Å². The van der Waals surface area contributed by atoms with Crippen molar-refractivity contribution in [3.63, 3.8) is 0 Å². The van der Waals surface area contributed by atoms with Crippen LogP contribution in [0.1, 0.15) is 38.2 Å². The van der Waals surface area contributed by atoms with Gasteiger partial charge in [0.05, 0.1) is 15.0 Å². The van der Waals surface area contributed by atoms with Crippen molar-refractivity contribution >= 4 is 29.3 Å².